The van der Waals surface area contributed by atoms with Crippen molar-refractivity contribution in [3.63, 3.8) is 0 Å². The average Bonchev–Trinajstić information content (AvgIpc) is 2.50. The van der Waals surface area contributed by atoms with Crippen LogP contribution >= 0.6 is 0 Å². The summed E-state index contributed by atoms with van der Waals surface area (Å²) in [5.74, 6) is 6.77. The highest BCUT2D eigenvalue weighted by atomic mass is 16.5. The highest BCUT2D eigenvalue weighted by molar-refractivity contribution is 5.38. The molecule has 2 aromatic rings. The number of anilines is 2. The van der Waals surface area contributed by atoms with Gasteiger partial charge in [-0.05, 0) is 32.9 Å². The fraction of sp³-hybridized carbons (Fsp3) is 0.385. The highest BCUT2D eigenvalue weighted by Gasteiger charge is 2.13. The van der Waals surface area contributed by atoms with Crippen molar-refractivity contribution >= 4 is 11.9 Å². The molecular weight excluding hydrogens is 270 g/mol. The van der Waals surface area contributed by atoms with Crippen LogP contribution in [-0.2, 0) is 0 Å². The number of nitrogens with zero attached hydrogens (tertiary/aromatic N) is 5. The second-order valence-corrected chi connectivity index (χ2v) is 4.25. The van der Waals surface area contributed by atoms with Crippen LogP contribution in [0.2, 0.25) is 0 Å². The molecule has 0 aliphatic heterocycles. The molecule has 0 fully saturated rings. The molecule has 0 saturated heterocycles. The topological polar surface area (TPSA) is 102 Å². The zero-order valence-electron chi connectivity index (χ0n) is 12.4. The maximum atomic E-state index is 5.68. The van der Waals surface area contributed by atoms with E-state index in [2.05, 4.69) is 25.4 Å². The number of pyridine rings is 1. The number of aryl methyl sites for hydroxylation is 1. The molecule has 2 rings (SSSR count). The molecule has 2 heterocycles. The second-order valence-electron chi connectivity index (χ2n) is 4.25. The van der Waals surface area contributed by atoms with Crippen LogP contribution in [0.3, 0.4) is 0 Å². The number of ether oxygens (including phenoxy) is 1. The van der Waals surface area contributed by atoms with Gasteiger partial charge in [-0.3, -0.25) is 10.4 Å². The molecule has 0 spiro atoms. The van der Waals surface area contributed by atoms with Gasteiger partial charge in [0, 0.05) is 19.3 Å². The number of nitrogen functional groups attached to an aromatic ring is 1. The van der Waals surface area contributed by atoms with Gasteiger partial charge in [0.25, 0.3) is 0 Å². The van der Waals surface area contributed by atoms with Crippen LogP contribution in [0.15, 0.2) is 18.3 Å². The Bertz CT molecular complexity index is 601. The van der Waals surface area contributed by atoms with E-state index < -0.39 is 0 Å². The minimum atomic E-state index is 0.177. The number of nitrogens with two attached hydrogens (primary N) is 1. The van der Waals surface area contributed by atoms with E-state index in [1.807, 2.05) is 25.7 Å². The van der Waals surface area contributed by atoms with E-state index in [-0.39, 0.29) is 12.0 Å². The lowest BCUT2D eigenvalue weighted by Gasteiger charge is -2.19. The molecule has 0 atom stereocenters. The molecule has 0 aromatic carbocycles. The van der Waals surface area contributed by atoms with Gasteiger partial charge in [0.1, 0.15) is 0 Å². The van der Waals surface area contributed by atoms with Gasteiger partial charge in [0.05, 0.1) is 5.69 Å². The summed E-state index contributed by atoms with van der Waals surface area (Å²) >= 11 is 0. The number of hydrogen-bond donors (Lipinski definition) is 2. The first-order valence-electron chi connectivity index (χ1n) is 6.75. The Morgan fingerprint density at radius 3 is 2.62 bits per heavy atom. The molecule has 0 aliphatic rings. The van der Waals surface area contributed by atoms with Gasteiger partial charge in [0.15, 0.2) is 5.75 Å². The molecule has 3 N–H and O–H groups in total. The van der Waals surface area contributed by atoms with Crippen LogP contribution in [-0.4, -0.2) is 33.0 Å². The third-order valence-corrected chi connectivity index (χ3v) is 2.94. The predicted octanol–water partition coefficient (Wildman–Crippen LogP) is 1.50. The molecular formula is C13H19N7O. The summed E-state index contributed by atoms with van der Waals surface area (Å²) < 4.78 is 5.68. The highest BCUT2D eigenvalue weighted by Crippen LogP contribution is 2.22. The maximum absolute atomic E-state index is 5.68. The summed E-state index contributed by atoms with van der Waals surface area (Å²) in [6.45, 7) is 7.44. The standard InChI is InChI=1S/C13H19N7O/c1-4-20(5-2)12-16-11(19-14)17-13(18-12)21-10-7-6-8-15-9(10)3/h6-8H,4-5,14H2,1-3H3,(H,16,17,18,19). The SMILES string of the molecule is CCN(CC)c1nc(NN)nc(Oc2cccnc2C)n1. The van der Waals surface area contributed by atoms with Crippen molar-refractivity contribution in [2.24, 2.45) is 5.84 Å². The summed E-state index contributed by atoms with van der Waals surface area (Å²) in [6.07, 6.45) is 1.70. The van der Waals surface area contributed by atoms with Crippen molar-refractivity contribution < 1.29 is 4.74 Å². The Morgan fingerprint density at radius 2 is 2.00 bits per heavy atom. The van der Waals surface area contributed by atoms with E-state index >= 15 is 0 Å². The summed E-state index contributed by atoms with van der Waals surface area (Å²) in [5, 5.41) is 0. The number of hydrogen-bond acceptors (Lipinski definition) is 8. The van der Waals surface area contributed by atoms with Gasteiger partial charge in [-0.1, -0.05) is 0 Å². The molecule has 0 amide bonds. The van der Waals surface area contributed by atoms with Gasteiger partial charge < -0.3 is 9.64 Å². The number of hydrazine groups is 1. The first kappa shape index (κ1) is 14.9. The normalized spacial score (nSPS) is 10.3. The fourth-order valence-corrected chi connectivity index (χ4v) is 1.78. The molecule has 21 heavy (non-hydrogen) atoms. The molecule has 112 valence electrons. The van der Waals surface area contributed by atoms with Crippen LogP contribution in [0.25, 0.3) is 0 Å². The van der Waals surface area contributed by atoms with Gasteiger partial charge in [-0.15, -0.1) is 0 Å². The van der Waals surface area contributed by atoms with Crippen molar-refractivity contribution in [2.45, 2.75) is 20.8 Å². The van der Waals surface area contributed by atoms with Gasteiger partial charge in [-0.2, -0.15) is 15.0 Å². The van der Waals surface area contributed by atoms with Crippen molar-refractivity contribution in [1.82, 2.24) is 19.9 Å². The minimum Gasteiger partial charge on any atom is -0.422 e. The van der Waals surface area contributed by atoms with Crippen LogP contribution in [0.5, 0.6) is 11.8 Å². The Morgan fingerprint density at radius 1 is 1.24 bits per heavy atom. The number of aromatic nitrogens is 4. The van der Waals surface area contributed by atoms with Gasteiger partial charge in [-0.25, -0.2) is 5.84 Å². The molecule has 0 bridgehead atoms. The van der Waals surface area contributed by atoms with E-state index in [4.69, 9.17) is 10.6 Å². The molecule has 0 aliphatic carbocycles. The fourth-order valence-electron chi connectivity index (χ4n) is 1.78. The maximum Gasteiger partial charge on any atom is 0.328 e. The monoisotopic (exact) mass is 289 g/mol. The third kappa shape index (κ3) is 3.54. The van der Waals surface area contributed by atoms with Crippen molar-refractivity contribution in [3.05, 3.63) is 24.0 Å². The second kappa shape index (κ2) is 6.80. The smallest absolute Gasteiger partial charge is 0.328 e. The lowest BCUT2D eigenvalue weighted by atomic mass is 10.3. The van der Waals surface area contributed by atoms with Crippen LogP contribution in [0, 0.1) is 6.92 Å². The first-order valence-corrected chi connectivity index (χ1v) is 6.75. The van der Waals surface area contributed by atoms with Crippen LogP contribution in [0.1, 0.15) is 19.5 Å². The predicted molar refractivity (Wildman–Crippen MR) is 80.2 cm³/mol. The third-order valence-electron chi connectivity index (χ3n) is 2.94. The van der Waals surface area contributed by atoms with Crippen molar-refractivity contribution in [2.75, 3.05) is 23.4 Å². The van der Waals surface area contributed by atoms with E-state index in [9.17, 15) is 0 Å². The summed E-state index contributed by atoms with van der Waals surface area (Å²) in [7, 11) is 0. The summed E-state index contributed by atoms with van der Waals surface area (Å²) in [6, 6.07) is 3.77. The molecule has 8 nitrogen and oxygen atoms in total. The summed E-state index contributed by atoms with van der Waals surface area (Å²) in [4.78, 5) is 18.8. The van der Waals surface area contributed by atoms with Crippen LogP contribution < -0.4 is 20.9 Å². The minimum absolute atomic E-state index is 0.177. The first-order chi connectivity index (χ1) is 10.2. The van der Waals surface area contributed by atoms with E-state index in [1.54, 1.807) is 18.3 Å². The largest absolute Gasteiger partial charge is 0.422 e. The molecule has 0 unspecified atom stereocenters. The number of rotatable bonds is 6. The molecule has 8 heteroatoms. The molecule has 0 radical (unpaired) electrons. The Labute approximate surface area is 123 Å². The van der Waals surface area contributed by atoms with E-state index in [1.165, 1.54) is 0 Å². The quantitative estimate of drug-likeness (QED) is 0.609. The van der Waals surface area contributed by atoms with Crippen molar-refractivity contribution in [1.29, 1.82) is 0 Å². The lowest BCUT2D eigenvalue weighted by molar-refractivity contribution is 0.434. The van der Waals surface area contributed by atoms with Gasteiger partial charge in [0.2, 0.25) is 11.9 Å². The van der Waals surface area contributed by atoms with Crippen LogP contribution in [0.4, 0.5) is 11.9 Å². The zero-order chi connectivity index (χ0) is 15.2. The van der Waals surface area contributed by atoms with Crippen molar-refractivity contribution in [3.8, 4) is 11.8 Å². The van der Waals surface area contributed by atoms with E-state index in [0.29, 0.717) is 11.7 Å². The molecule has 2 aromatic heterocycles. The van der Waals surface area contributed by atoms with Gasteiger partial charge >= 0.3 is 6.01 Å². The zero-order valence-corrected chi connectivity index (χ0v) is 12.4. The Hall–Kier alpha value is -2.48. The lowest BCUT2D eigenvalue weighted by Crippen LogP contribution is -2.25. The average molecular weight is 289 g/mol. The Kier molecular flexibility index (Phi) is 4.83. The molecule has 0 saturated carbocycles. The summed E-state index contributed by atoms with van der Waals surface area (Å²) in [5.41, 5.74) is 3.18. The number of nitrogens with one attached hydrogen (secondary N) is 1. The Balaban J connectivity index is 2.35. The van der Waals surface area contributed by atoms with E-state index in [0.717, 1.165) is 18.8 Å².